The van der Waals surface area contributed by atoms with Gasteiger partial charge in [-0.1, -0.05) is 27.5 Å². The zero-order valence-electron chi connectivity index (χ0n) is 11.6. The second kappa shape index (κ2) is 6.31. The first-order valence-corrected chi connectivity index (χ1v) is 10.6. The van der Waals surface area contributed by atoms with E-state index in [0.29, 0.717) is 4.47 Å². The molecule has 23 heavy (non-hydrogen) atoms. The average molecular weight is 441 g/mol. The number of hydrogen-bond donors (Lipinski definition) is 2. The van der Waals surface area contributed by atoms with Crippen molar-refractivity contribution >= 4 is 53.1 Å². The van der Waals surface area contributed by atoms with E-state index in [0.717, 1.165) is 12.3 Å². The molecule has 2 aromatic rings. The normalized spacial score (nSPS) is 12.1. The summed E-state index contributed by atoms with van der Waals surface area (Å²) in [6.45, 7) is 0. The molecule has 2 rings (SSSR count). The fourth-order valence-electron chi connectivity index (χ4n) is 1.75. The molecule has 0 aliphatic carbocycles. The minimum absolute atomic E-state index is 0.0303. The number of phenols is 1. The number of aromatic hydroxyl groups is 1. The summed E-state index contributed by atoms with van der Waals surface area (Å²) in [5.41, 5.74) is -0.0303. The van der Waals surface area contributed by atoms with Crippen LogP contribution in [0, 0.1) is 0 Å². The van der Waals surface area contributed by atoms with Gasteiger partial charge in [0, 0.05) is 15.8 Å². The van der Waals surface area contributed by atoms with E-state index in [2.05, 4.69) is 20.7 Å². The highest BCUT2D eigenvalue weighted by Gasteiger charge is 2.20. The van der Waals surface area contributed by atoms with E-state index < -0.39 is 25.6 Å². The Labute approximate surface area is 147 Å². The number of phenolic OH excluding ortho intramolecular Hbond substituents is 1. The summed E-state index contributed by atoms with van der Waals surface area (Å²) in [7, 11) is -7.69. The molecule has 0 atom stereocenters. The lowest BCUT2D eigenvalue weighted by Crippen LogP contribution is -2.13. The molecule has 124 valence electrons. The molecule has 6 nitrogen and oxygen atoms in total. The molecule has 0 fully saturated rings. The van der Waals surface area contributed by atoms with Crippen LogP contribution in [0.1, 0.15) is 0 Å². The summed E-state index contributed by atoms with van der Waals surface area (Å²) in [5.74, 6) is -0.439. The third-order valence-corrected chi connectivity index (χ3v) is 5.98. The monoisotopic (exact) mass is 439 g/mol. The van der Waals surface area contributed by atoms with Gasteiger partial charge in [-0.15, -0.1) is 0 Å². The Balaban J connectivity index is 2.50. The molecule has 10 heteroatoms. The maximum Gasteiger partial charge on any atom is 0.265 e. The van der Waals surface area contributed by atoms with Crippen LogP contribution >= 0.6 is 27.5 Å². The summed E-state index contributed by atoms with van der Waals surface area (Å²) in [5, 5.41) is 9.78. The zero-order chi connectivity index (χ0) is 17.4. The van der Waals surface area contributed by atoms with Gasteiger partial charge in [0.25, 0.3) is 10.0 Å². The quantitative estimate of drug-likeness (QED) is 0.761. The van der Waals surface area contributed by atoms with E-state index >= 15 is 0 Å². The number of sulfone groups is 1. The van der Waals surface area contributed by atoms with Crippen LogP contribution in [0.4, 0.5) is 5.69 Å². The second-order valence-electron chi connectivity index (χ2n) is 4.67. The Hall–Kier alpha value is -1.29. The smallest absolute Gasteiger partial charge is 0.265 e. The standard InChI is InChI=1S/C13H11BrClNO5S2/c1-22(18,19)11-6-9(15)5-10(7-11)16-23(20,21)13-4-8(14)2-3-12(13)17/h2-7,16-17H,1H3. The van der Waals surface area contributed by atoms with E-state index in [1.165, 1.54) is 30.3 Å². The summed E-state index contributed by atoms with van der Waals surface area (Å²) in [4.78, 5) is -0.478. The highest BCUT2D eigenvalue weighted by Crippen LogP contribution is 2.29. The minimum atomic E-state index is -4.13. The van der Waals surface area contributed by atoms with Crippen LogP contribution in [0.15, 0.2) is 50.7 Å². The van der Waals surface area contributed by atoms with E-state index in [4.69, 9.17) is 11.6 Å². The van der Waals surface area contributed by atoms with Crippen molar-refractivity contribution in [3.05, 3.63) is 45.9 Å². The maximum absolute atomic E-state index is 12.4. The third-order valence-electron chi connectivity index (χ3n) is 2.76. The predicted octanol–water partition coefficient (Wildman–Crippen LogP) is 3.01. The highest BCUT2D eigenvalue weighted by atomic mass is 79.9. The number of sulfonamides is 1. The summed E-state index contributed by atoms with van der Waals surface area (Å²) < 4.78 is 50.6. The van der Waals surface area contributed by atoms with Gasteiger partial charge in [-0.05, 0) is 36.4 Å². The van der Waals surface area contributed by atoms with Crippen molar-refractivity contribution in [3.8, 4) is 5.75 Å². The molecule has 0 saturated heterocycles. The SMILES string of the molecule is CS(=O)(=O)c1cc(Cl)cc(NS(=O)(=O)c2cc(Br)ccc2O)c1. The number of anilines is 1. The van der Waals surface area contributed by atoms with Gasteiger partial charge >= 0.3 is 0 Å². The van der Waals surface area contributed by atoms with Crippen molar-refractivity contribution in [3.63, 3.8) is 0 Å². The van der Waals surface area contributed by atoms with Crippen molar-refractivity contribution in [1.82, 2.24) is 0 Å². The van der Waals surface area contributed by atoms with Crippen LogP contribution < -0.4 is 4.72 Å². The van der Waals surface area contributed by atoms with E-state index in [9.17, 15) is 21.9 Å². The number of halogens is 2. The fraction of sp³-hybridized carbons (Fsp3) is 0.0769. The molecule has 0 radical (unpaired) electrons. The Morgan fingerprint density at radius 1 is 1.09 bits per heavy atom. The Kier molecular flexibility index (Phi) is 4.95. The van der Waals surface area contributed by atoms with Gasteiger partial charge in [0.2, 0.25) is 0 Å². The first kappa shape index (κ1) is 18.1. The van der Waals surface area contributed by atoms with Gasteiger partial charge < -0.3 is 5.11 Å². The molecule has 0 aromatic heterocycles. The van der Waals surface area contributed by atoms with E-state index in [1.807, 2.05) is 0 Å². The lowest BCUT2D eigenvalue weighted by Gasteiger charge is -2.11. The first-order valence-electron chi connectivity index (χ1n) is 6.01. The van der Waals surface area contributed by atoms with Crippen molar-refractivity contribution in [2.75, 3.05) is 11.0 Å². The Morgan fingerprint density at radius 2 is 1.74 bits per heavy atom. The summed E-state index contributed by atoms with van der Waals surface area (Å²) in [6.07, 6.45) is 0.983. The minimum Gasteiger partial charge on any atom is -0.507 e. The molecule has 0 aliphatic heterocycles. The van der Waals surface area contributed by atoms with Crippen LogP contribution in [0.3, 0.4) is 0 Å². The molecule has 0 unspecified atom stereocenters. The third kappa shape index (κ3) is 4.37. The summed E-state index contributed by atoms with van der Waals surface area (Å²) >= 11 is 8.95. The van der Waals surface area contributed by atoms with Crippen molar-refractivity contribution in [1.29, 1.82) is 0 Å². The van der Waals surface area contributed by atoms with Crippen LogP contribution in [0.2, 0.25) is 5.02 Å². The molecular formula is C13H11BrClNO5S2. The molecule has 2 aromatic carbocycles. The van der Waals surface area contributed by atoms with Gasteiger partial charge in [-0.25, -0.2) is 16.8 Å². The number of nitrogens with one attached hydrogen (secondary N) is 1. The second-order valence-corrected chi connectivity index (χ2v) is 9.68. The van der Waals surface area contributed by atoms with Gasteiger partial charge in [-0.2, -0.15) is 0 Å². The topological polar surface area (TPSA) is 101 Å². The Bertz CT molecular complexity index is 974. The van der Waals surface area contributed by atoms with Crippen molar-refractivity contribution in [2.45, 2.75) is 9.79 Å². The molecule has 0 bridgehead atoms. The number of hydrogen-bond acceptors (Lipinski definition) is 5. The molecule has 0 aliphatic rings. The maximum atomic E-state index is 12.4. The Morgan fingerprint density at radius 3 is 2.35 bits per heavy atom. The van der Waals surface area contributed by atoms with Crippen LogP contribution in [-0.4, -0.2) is 28.2 Å². The fourth-order valence-corrected chi connectivity index (χ4v) is 4.41. The van der Waals surface area contributed by atoms with Crippen molar-refractivity contribution < 1.29 is 21.9 Å². The van der Waals surface area contributed by atoms with E-state index in [1.54, 1.807) is 0 Å². The number of benzene rings is 2. The molecule has 0 spiro atoms. The number of rotatable bonds is 4. The van der Waals surface area contributed by atoms with Gasteiger partial charge in [0.15, 0.2) is 9.84 Å². The molecular weight excluding hydrogens is 430 g/mol. The first-order chi connectivity index (χ1) is 10.5. The van der Waals surface area contributed by atoms with E-state index in [-0.39, 0.29) is 20.5 Å². The average Bonchev–Trinajstić information content (AvgIpc) is 2.39. The summed E-state index contributed by atoms with van der Waals surface area (Å²) in [6, 6.07) is 7.55. The van der Waals surface area contributed by atoms with Gasteiger partial charge in [-0.3, -0.25) is 4.72 Å². The lowest BCUT2D eigenvalue weighted by molar-refractivity contribution is 0.459. The van der Waals surface area contributed by atoms with Crippen molar-refractivity contribution in [2.24, 2.45) is 0 Å². The van der Waals surface area contributed by atoms with Gasteiger partial charge in [0.05, 0.1) is 10.6 Å². The van der Waals surface area contributed by atoms with Crippen LogP contribution in [0.25, 0.3) is 0 Å². The van der Waals surface area contributed by atoms with Crippen LogP contribution in [0.5, 0.6) is 5.75 Å². The van der Waals surface area contributed by atoms with Crippen LogP contribution in [-0.2, 0) is 19.9 Å². The molecule has 0 saturated carbocycles. The predicted molar refractivity (Wildman–Crippen MR) is 91.2 cm³/mol. The zero-order valence-corrected chi connectivity index (χ0v) is 15.6. The molecule has 0 amide bonds. The molecule has 0 heterocycles. The largest absolute Gasteiger partial charge is 0.507 e. The highest BCUT2D eigenvalue weighted by molar-refractivity contribution is 9.10. The van der Waals surface area contributed by atoms with Gasteiger partial charge in [0.1, 0.15) is 10.6 Å². The lowest BCUT2D eigenvalue weighted by atomic mass is 10.3. The molecule has 2 N–H and O–H groups in total.